The van der Waals surface area contributed by atoms with Crippen molar-refractivity contribution < 1.29 is 4.79 Å². The predicted molar refractivity (Wildman–Crippen MR) is 66.2 cm³/mol. The van der Waals surface area contributed by atoms with Gasteiger partial charge in [-0.15, -0.1) is 0 Å². The van der Waals surface area contributed by atoms with Crippen molar-refractivity contribution in [2.75, 3.05) is 0 Å². The van der Waals surface area contributed by atoms with Gasteiger partial charge in [-0.2, -0.15) is 11.3 Å². The molecule has 0 unspecified atom stereocenters. The molecule has 0 bridgehead atoms. The van der Waals surface area contributed by atoms with Gasteiger partial charge in [-0.25, -0.2) is 0 Å². The van der Waals surface area contributed by atoms with Crippen LogP contribution in [0.15, 0.2) is 16.8 Å². The second-order valence-corrected chi connectivity index (χ2v) is 5.31. The number of hydrogen-bond donors (Lipinski definition) is 2. The standard InChI is InChI=1S/C12H18N2OS/c13-12(5-2-1-3-6-12)11(15)14-8-10-4-7-16-9-10/h4,7,9H,1-3,5-6,8,13H2,(H,14,15). The second-order valence-electron chi connectivity index (χ2n) is 4.53. The number of nitrogens with one attached hydrogen (secondary N) is 1. The number of carbonyl (C=O) groups is 1. The normalized spacial score (nSPS) is 19.3. The Morgan fingerprint density at radius 2 is 2.19 bits per heavy atom. The largest absolute Gasteiger partial charge is 0.350 e. The van der Waals surface area contributed by atoms with Crippen LogP contribution in [0.25, 0.3) is 0 Å². The quantitative estimate of drug-likeness (QED) is 0.846. The van der Waals surface area contributed by atoms with Gasteiger partial charge in [0.1, 0.15) is 0 Å². The first-order chi connectivity index (χ1) is 7.71. The molecule has 88 valence electrons. The van der Waals surface area contributed by atoms with E-state index in [0.717, 1.165) is 31.2 Å². The Hall–Kier alpha value is -0.870. The summed E-state index contributed by atoms with van der Waals surface area (Å²) in [6.45, 7) is 0.598. The predicted octanol–water partition coefficient (Wildman–Crippen LogP) is 2.03. The smallest absolute Gasteiger partial charge is 0.240 e. The molecule has 0 atom stereocenters. The molecule has 0 radical (unpaired) electrons. The van der Waals surface area contributed by atoms with Crippen LogP contribution < -0.4 is 11.1 Å². The SMILES string of the molecule is NC1(C(=O)NCc2ccsc2)CCCCC1. The highest BCUT2D eigenvalue weighted by Crippen LogP contribution is 2.26. The molecule has 0 spiro atoms. The van der Waals surface area contributed by atoms with E-state index in [4.69, 9.17) is 5.73 Å². The fourth-order valence-electron chi connectivity index (χ4n) is 2.16. The van der Waals surface area contributed by atoms with Crippen molar-refractivity contribution in [2.45, 2.75) is 44.2 Å². The molecule has 1 aromatic heterocycles. The third-order valence-corrected chi connectivity index (χ3v) is 3.96. The zero-order chi connectivity index (χ0) is 11.4. The van der Waals surface area contributed by atoms with Gasteiger partial charge in [-0.3, -0.25) is 4.79 Å². The molecule has 16 heavy (non-hydrogen) atoms. The molecule has 1 heterocycles. The van der Waals surface area contributed by atoms with E-state index in [0.29, 0.717) is 6.54 Å². The van der Waals surface area contributed by atoms with E-state index in [9.17, 15) is 4.79 Å². The molecule has 1 saturated carbocycles. The lowest BCUT2D eigenvalue weighted by molar-refractivity contribution is -0.127. The van der Waals surface area contributed by atoms with Crippen LogP contribution >= 0.6 is 11.3 Å². The minimum absolute atomic E-state index is 0.0124. The molecule has 0 aliphatic heterocycles. The summed E-state index contributed by atoms with van der Waals surface area (Å²) in [7, 11) is 0. The lowest BCUT2D eigenvalue weighted by Gasteiger charge is -2.31. The highest BCUT2D eigenvalue weighted by Gasteiger charge is 2.34. The number of carbonyl (C=O) groups excluding carboxylic acids is 1. The van der Waals surface area contributed by atoms with E-state index in [-0.39, 0.29) is 5.91 Å². The maximum Gasteiger partial charge on any atom is 0.240 e. The lowest BCUT2D eigenvalue weighted by Crippen LogP contribution is -2.54. The van der Waals surface area contributed by atoms with Crippen LogP contribution in [0.1, 0.15) is 37.7 Å². The summed E-state index contributed by atoms with van der Waals surface area (Å²) in [5.74, 6) is 0.0124. The van der Waals surface area contributed by atoms with Crippen molar-refractivity contribution in [1.29, 1.82) is 0 Å². The van der Waals surface area contributed by atoms with Gasteiger partial charge in [0.2, 0.25) is 5.91 Å². The Balaban J connectivity index is 1.87. The number of rotatable bonds is 3. The van der Waals surface area contributed by atoms with Crippen LogP contribution in [-0.2, 0) is 11.3 Å². The Bertz CT molecular complexity index is 342. The van der Waals surface area contributed by atoms with Crippen LogP contribution in [0.3, 0.4) is 0 Å². The summed E-state index contributed by atoms with van der Waals surface area (Å²) < 4.78 is 0. The lowest BCUT2D eigenvalue weighted by atomic mass is 9.82. The van der Waals surface area contributed by atoms with Crippen LogP contribution in [-0.4, -0.2) is 11.4 Å². The van der Waals surface area contributed by atoms with Crippen molar-refractivity contribution in [3.05, 3.63) is 22.4 Å². The minimum atomic E-state index is -0.617. The van der Waals surface area contributed by atoms with E-state index in [1.807, 2.05) is 16.8 Å². The summed E-state index contributed by atoms with van der Waals surface area (Å²) in [5, 5.41) is 7.00. The molecule has 1 aliphatic rings. The molecule has 2 rings (SSSR count). The summed E-state index contributed by atoms with van der Waals surface area (Å²) in [6.07, 6.45) is 4.99. The molecule has 1 aromatic rings. The Morgan fingerprint density at radius 3 is 2.81 bits per heavy atom. The van der Waals surface area contributed by atoms with Crippen molar-refractivity contribution in [1.82, 2.24) is 5.32 Å². The summed E-state index contributed by atoms with van der Waals surface area (Å²) >= 11 is 1.64. The molecule has 4 heteroatoms. The van der Waals surface area contributed by atoms with Crippen LogP contribution in [0.4, 0.5) is 0 Å². The molecule has 1 aliphatic carbocycles. The van der Waals surface area contributed by atoms with Gasteiger partial charge in [-0.1, -0.05) is 19.3 Å². The highest BCUT2D eigenvalue weighted by molar-refractivity contribution is 7.07. The summed E-state index contributed by atoms with van der Waals surface area (Å²) in [4.78, 5) is 12.0. The molecular weight excluding hydrogens is 220 g/mol. The van der Waals surface area contributed by atoms with Crippen molar-refractivity contribution in [3.8, 4) is 0 Å². The monoisotopic (exact) mass is 238 g/mol. The van der Waals surface area contributed by atoms with E-state index in [2.05, 4.69) is 5.32 Å². The second kappa shape index (κ2) is 4.97. The summed E-state index contributed by atoms with van der Waals surface area (Å²) in [5.41, 5.74) is 6.67. The fraction of sp³-hybridized carbons (Fsp3) is 0.583. The minimum Gasteiger partial charge on any atom is -0.350 e. The average Bonchev–Trinajstić information content (AvgIpc) is 2.79. The Labute approximate surface area is 100 Å². The molecule has 0 aromatic carbocycles. The maximum atomic E-state index is 12.0. The first-order valence-electron chi connectivity index (χ1n) is 5.79. The third-order valence-electron chi connectivity index (χ3n) is 3.23. The van der Waals surface area contributed by atoms with Gasteiger partial charge in [0.25, 0.3) is 0 Å². The highest BCUT2D eigenvalue weighted by atomic mass is 32.1. The number of thiophene rings is 1. The maximum absolute atomic E-state index is 12.0. The number of amides is 1. The van der Waals surface area contributed by atoms with E-state index >= 15 is 0 Å². The van der Waals surface area contributed by atoms with Gasteiger partial charge in [-0.05, 0) is 35.2 Å². The van der Waals surface area contributed by atoms with Gasteiger partial charge in [0, 0.05) is 6.54 Å². The number of nitrogens with two attached hydrogens (primary N) is 1. The molecular formula is C12H18N2OS. The van der Waals surface area contributed by atoms with E-state index < -0.39 is 5.54 Å². The molecule has 3 N–H and O–H groups in total. The molecule has 0 saturated heterocycles. The molecule has 1 amide bonds. The first kappa shape index (κ1) is 11.6. The summed E-state index contributed by atoms with van der Waals surface area (Å²) in [6, 6.07) is 2.02. The van der Waals surface area contributed by atoms with Crippen molar-refractivity contribution in [2.24, 2.45) is 5.73 Å². The Morgan fingerprint density at radius 1 is 1.44 bits per heavy atom. The topological polar surface area (TPSA) is 55.1 Å². The van der Waals surface area contributed by atoms with Crippen molar-refractivity contribution >= 4 is 17.2 Å². The van der Waals surface area contributed by atoms with E-state index in [1.165, 1.54) is 6.42 Å². The first-order valence-corrected chi connectivity index (χ1v) is 6.73. The van der Waals surface area contributed by atoms with Crippen LogP contribution in [0, 0.1) is 0 Å². The molecule has 3 nitrogen and oxygen atoms in total. The van der Waals surface area contributed by atoms with Gasteiger partial charge in [0.05, 0.1) is 5.54 Å². The fourth-order valence-corrected chi connectivity index (χ4v) is 2.83. The van der Waals surface area contributed by atoms with Gasteiger partial charge in [0.15, 0.2) is 0 Å². The molecule has 1 fully saturated rings. The van der Waals surface area contributed by atoms with Crippen LogP contribution in [0.5, 0.6) is 0 Å². The average molecular weight is 238 g/mol. The third kappa shape index (κ3) is 2.62. The van der Waals surface area contributed by atoms with Gasteiger partial charge >= 0.3 is 0 Å². The van der Waals surface area contributed by atoms with Crippen molar-refractivity contribution in [3.63, 3.8) is 0 Å². The Kier molecular flexibility index (Phi) is 3.61. The van der Waals surface area contributed by atoms with E-state index in [1.54, 1.807) is 11.3 Å². The number of hydrogen-bond acceptors (Lipinski definition) is 3. The van der Waals surface area contributed by atoms with Crippen LogP contribution in [0.2, 0.25) is 0 Å². The van der Waals surface area contributed by atoms with Gasteiger partial charge < -0.3 is 11.1 Å². The zero-order valence-electron chi connectivity index (χ0n) is 9.37. The zero-order valence-corrected chi connectivity index (χ0v) is 10.2.